The number of halogens is 1. The summed E-state index contributed by atoms with van der Waals surface area (Å²) < 4.78 is 21.8. The first kappa shape index (κ1) is 20.9. The largest absolute Gasteiger partial charge is 0.504 e. The Morgan fingerprint density at radius 3 is 2.46 bits per heavy atom. The number of Topliss-reactive ketones (excluding diaryl/α,β-unsaturated/α-hetero) is 1. The summed E-state index contributed by atoms with van der Waals surface area (Å²) in [6.07, 6.45) is 1.87. The van der Waals surface area contributed by atoms with Crippen molar-refractivity contribution in [3.8, 4) is 11.5 Å². The van der Waals surface area contributed by atoms with Gasteiger partial charge in [0, 0.05) is 24.3 Å². The van der Waals surface area contributed by atoms with Crippen LogP contribution in [0.3, 0.4) is 0 Å². The molecule has 2 aliphatic rings. The van der Waals surface area contributed by atoms with Gasteiger partial charge in [-0.05, 0) is 32.8 Å². The van der Waals surface area contributed by atoms with Crippen molar-refractivity contribution in [1.29, 1.82) is 0 Å². The van der Waals surface area contributed by atoms with E-state index in [9.17, 15) is 14.7 Å². The maximum atomic E-state index is 12.8. The fraction of sp³-hybridized carbons (Fsp3) is 0.600. The van der Waals surface area contributed by atoms with Crippen molar-refractivity contribution in [2.75, 3.05) is 20.3 Å². The number of ether oxygens (including phenoxy) is 4. The number of carbonyl (C=O) groups is 2. The molecule has 8 heteroatoms. The van der Waals surface area contributed by atoms with Gasteiger partial charge >= 0.3 is 5.97 Å². The van der Waals surface area contributed by atoms with Crippen LogP contribution >= 0.6 is 11.6 Å². The Labute approximate surface area is 168 Å². The lowest BCUT2D eigenvalue weighted by atomic mass is 9.81. The molecule has 1 heterocycles. The Bertz CT molecular complexity index is 760. The highest BCUT2D eigenvalue weighted by molar-refractivity contribution is 6.32. The van der Waals surface area contributed by atoms with Gasteiger partial charge in [0.15, 0.2) is 29.2 Å². The fourth-order valence-corrected chi connectivity index (χ4v) is 4.08. The molecule has 0 amide bonds. The van der Waals surface area contributed by atoms with Crippen LogP contribution in [-0.4, -0.2) is 49.1 Å². The normalized spacial score (nSPS) is 20.1. The SMILES string of the molecule is COC(=O)c1cc(Cl)c(OC(C)C(=O)C2CCC3(CC2)OCCO3)c(O)c1C. The number of hydrogen-bond donors (Lipinski definition) is 1. The van der Waals surface area contributed by atoms with Crippen LogP contribution in [0.15, 0.2) is 6.07 Å². The molecule has 1 N–H and O–H groups in total. The lowest BCUT2D eigenvalue weighted by Gasteiger charge is -2.35. The van der Waals surface area contributed by atoms with Crippen LogP contribution in [0, 0.1) is 12.8 Å². The molecule has 2 fully saturated rings. The van der Waals surface area contributed by atoms with Gasteiger partial charge in [0.25, 0.3) is 0 Å². The summed E-state index contributed by atoms with van der Waals surface area (Å²) >= 11 is 6.19. The molecule has 1 spiro atoms. The third-order valence-electron chi connectivity index (χ3n) is 5.53. The second kappa shape index (κ2) is 8.27. The minimum atomic E-state index is -0.795. The number of hydrogen-bond acceptors (Lipinski definition) is 7. The van der Waals surface area contributed by atoms with E-state index in [1.54, 1.807) is 13.8 Å². The highest BCUT2D eigenvalue weighted by Gasteiger charge is 2.42. The van der Waals surface area contributed by atoms with Crippen molar-refractivity contribution < 1.29 is 33.6 Å². The Balaban J connectivity index is 1.69. The lowest BCUT2D eigenvalue weighted by Crippen LogP contribution is -2.40. The number of methoxy groups -OCH3 is 1. The molecule has 154 valence electrons. The Hall–Kier alpha value is -1.83. The first-order chi connectivity index (χ1) is 13.3. The van der Waals surface area contributed by atoms with E-state index in [0.29, 0.717) is 38.9 Å². The van der Waals surface area contributed by atoms with E-state index in [-0.39, 0.29) is 39.3 Å². The molecule has 1 aromatic rings. The number of ketones is 1. The second-order valence-electron chi connectivity index (χ2n) is 7.24. The summed E-state index contributed by atoms with van der Waals surface area (Å²) in [6.45, 7) is 4.38. The van der Waals surface area contributed by atoms with Gasteiger partial charge in [0.1, 0.15) is 0 Å². The van der Waals surface area contributed by atoms with Crippen molar-refractivity contribution in [2.45, 2.75) is 51.4 Å². The summed E-state index contributed by atoms with van der Waals surface area (Å²) in [6, 6.07) is 1.37. The number of esters is 1. The molecule has 1 aliphatic heterocycles. The minimum absolute atomic E-state index is 0.0117. The van der Waals surface area contributed by atoms with E-state index in [2.05, 4.69) is 4.74 Å². The van der Waals surface area contributed by atoms with Crippen LogP contribution in [0.25, 0.3) is 0 Å². The summed E-state index contributed by atoms with van der Waals surface area (Å²) in [5.74, 6) is -1.64. The van der Waals surface area contributed by atoms with Crippen LogP contribution in [0.1, 0.15) is 48.5 Å². The Kier molecular flexibility index (Phi) is 6.17. The average Bonchev–Trinajstić information content (AvgIpc) is 3.15. The molecular weight excluding hydrogens is 388 g/mol. The van der Waals surface area contributed by atoms with Gasteiger partial charge in [-0.2, -0.15) is 0 Å². The summed E-state index contributed by atoms with van der Waals surface area (Å²) in [5, 5.41) is 10.5. The zero-order chi connectivity index (χ0) is 20.5. The monoisotopic (exact) mass is 412 g/mol. The minimum Gasteiger partial charge on any atom is -0.504 e. The Morgan fingerprint density at radius 1 is 1.29 bits per heavy atom. The summed E-state index contributed by atoms with van der Waals surface area (Å²) in [7, 11) is 1.24. The van der Waals surface area contributed by atoms with Crippen molar-refractivity contribution >= 4 is 23.4 Å². The highest BCUT2D eigenvalue weighted by Crippen LogP contribution is 2.42. The van der Waals surface area contributed by atoms with Crippen molar-refractivity contribution in [1.82, 2.24) is 0 Å². The van der Waals surface area contributed by atoms with Crippen molar-refractivity contribution in [3.05, 3.63) is 22.2 Å². The topological polar surface area (TPSA) is 91.3 Å². The van der Waals surface area contributed by atoms with Gasteiger partial charge in [-0.25, -0.2) is 4.79 Å². The molecule has 1 saturated heterocycles. The first-order valence-electron chi connectivity index (χ1n) is 9.36. The maximum Gasteiger partial charge on any atom is 0.338 e. The van der Waals surface area contributed by atoms with E-state index in [4.69, 9.17) is 25.8 Å². The Morgan fingerprint density at radius 2 is 1.89 bits per heavy atom. The van der Waals surface area contributed by atoms with Crippen LogP contribution in [0.2, 0.25) is 5.02 Å². The number of phenolic OH excluding ortho intramolecular Hbond substituents is 1. The molecule has 1 atom stereocenters. The molecule has 28 heavy (non-hydrogen) atoms. The fourth-order valence-electron chi connectivity index (χ4n) is 3.84. The molecule has 1 saturated carbocycles. The van der Waals surface area contributed by atoms with Crippen LogP contribution < -0.4 is 4.74 Å². The quantitative estimate of drug-likeness (QED) is 0.741. The van der Waals surface area contributed by atoms with Crippen molar-refractivity contribution in [2.24, 2.45) is 5.92 Å². The first-order valence-corrected chi connectivity index (χ1v) is 9.74. The molecule has 1 aromatic carbocycles. The van der Waals surface area contributed by atoms with Gasteiger partial charge in [-0.3, -0.25) is 4.79 Å². The maximum absolute atomic E-state index is 12.8. The molecule has 3 rings (SSSR count). The van der Waals surface area contributed by atoms with Gasteiger partial charge in [-0.1, -0.05) is 11.6 Å². The van der Waals surface area contributed by atoms with E-state index < -0.39 is 17.9 Å². The number of carbonyl (C=O) groups excluding carboxylic acids is 2. The highest BCUT2D eigenvalue weighted by atomic mass is 35.5. The molecule has 0 bridgehead atoms. The van der Waals surface area contributed by atoms with Crippen LogP contribution in [0.5, 0.6) is 11.5 Å². The van der Waals surface area contributed by atoms with Gasteiger partial charge in [0.05, 0.1) is 30.9 Å². The zero-order valence-corrected chi connectivity index (χ0v) is 17.0. The smallest absolute Gasteiger partial charge is 0.338 e. The molecule has 1 aliphatic carbocycles. The van der Waals surface area contributed by atoms with E-state index in [0.717, 1.165) is 0 Å². The number of aromatic hydroxyl groups is 1. The van der Waals surface area contributed by atoms with Crippen LogP contribution in [-0.2, 0) is 19.0 Å². The third-order valence-corrected chi connectivity index (χ3v) is 5.81. The van der Waals surface area contributed by atoms with E-state index in [1.807, 2.05) is 0 Å². The summed E-state index contributed by atoms with van der Waals surface area (Å²) in [5.41, 5.74) is 0.423. The standard InChI is InChI=1S/C20H25ClO7/c1-11-14(19(24)25-3)10-15(21)18(16(11)22)28-12(2)17(23)13-4-6-20(7-5-13)26-8-9-27-20/h10,12-13,22H,4-9H2,1-3H3. The number of phenols is 1. The molecule has 1 unspecified atom stereocenters. The molecular formula is C20H25ClO7. The number of benzene rings is 1. The van der Waals surface area contributed by atoms with E-state index in [1.165, 1.54) is 13.2 Å². The third kappa shape index (κ3) is 3.97. The van der Waals surface area contributed by atoms with Gasteiger partial charge < -0.3 is 24.1 Å². The number of rotatable bonds is 5. The summed E-state index contributed by atoms with van der Waals surface area (Å²) in [4.78, 5) is 24.6. The average molecular weight is 413 g/mol. The lowest BCUT2D eigenvalue weighted by molar-refractivity contribution is -0.184. The predicted octanol–water partition coefficient (Wildman–Crippen LogP) is 3.41. The molecule has 7 nitrogen and oxygen atoms in total. The second-order valence-corrected chi connectivity index (χ2v) is 7.65. The van der Waals surface area contributed by atoms with E-state index >= 15 is 0 Å². The van der Waals surface area contributed by atoms with Gasteiger partial charge in [0.2, 0.25) is 0 Å². The van der Waals surface area contributed by atoms with Crippen LogP contribution in [0.4, 0.5) is 0 Å². The van der Waals surface area contributed by atoms with Crippen molar-refractivity contribution in [3.63, 3.8) is 0 Å². The molecule has 0 radical (unpaired) electrons. The predicted molar refractivity (Wildman–Crippen MR) is 101 cm³/mol. The zero-order valence-electron chi connectivity index (χ0n) is 16.2. The van der Waals surface area contributed by atoms with Gasteiger partial charge in [-0.15, -0.1) is 0 Å². The molecule has 0 aromatic heterocycles.